The van der Waals surface area contributed by atoms with Gasteiger partial charge in [-0.25, -0.2) is 33.6 Å². The molecule has 0 spiro atoms. The van der Waals surface area contributed by atoms with Gasteiger partial charge >= 0.3 is 42.3 Å². The summed E-state index contributed by atoms with van der Waals surface area (Å²) < 4.78 is 38.7. The van der Waals surface area contributed by atoms with Crippen LogP contribution in [0.4, 0.5) is 19.2 Å². The number of isothiocyanates is 1. The van der Waals surface area contributed by atoms with Crippen LogP contribution in [0.25, 0.3) is 0 Å². The van der Waals surface area contributed by atoms with Crippen LogP contribution < -0.4 is 21.9 Å². The lowest BCUT2D eigenvalue weighted by atomic mass is 8.32. The zero-order chi connectivity index (χ0) is 102. The van der Waals surface area contributed by atoms with Gasteiger partial charge in [0.05, 0.1) is 85.7 Å². The highest BCUT2D eigenvalue weighted by atomic mass is 32.1. The minimum absolute atomic E-state index is 0. The summed E-state index contributed by atoms with van der Waals surface area (Å²) in [6.07, 6.45) is -12.0. The quantitative estimate of drug-likeness (QED) is 0.0192. The summed E-state index contributed by atoms with van der Waals surface area (Å²) in [4.78, 5) is 112. The smallest absolute Gasteiger partial charge is 0.410 e. The number of rotatable bonds is 27. The SMILES string of the molecule is C.C.CC(C)(C)OC(=O)N1CCc2c([nH]c(=S)n(C(c3ccccc3)c3ccccc3)c2=O)C1.CCOC(=O)C1=C(N)CN(C(=O)OC(C)(C)C)CC1.CCOC(=O)C1=C(N=C=S)CN(C(=O)OC(C)(C)C)CC1.CCOC(=O)C1=C(NC(=S)NC(c2ccccc2)c2ccccc2)CN(C(=O)OC(C)(C)C)CC1.[B][B]B(B([B])[B])B(B(B([B])[B])B([B])[B])B(B(B([B])[B])B([B])[B])B(B([B])[B])B([B])[B]. The third kappa shape index (κ3) is 38.9. The number of aliphatic imine (C=N–C) groups is 1. The molecule has 0 unspecified atom stereocenters. The first-order valence-electron chi connectivity index (χ1n) is 44.8. The van der Waals surface area contributed by atoms with Crippen LogP contribution in [0.5, 0.6) is 0 Å². The molecule has 4 aromatic carbocycles. The van der Waals surface area contributed by atoms with E-state index in [0.717, 1.165) is 22.3 Å². The number of carbonyl (C=O) groups is 7. The first kappa shape index (κ1) is 124. The van der Waals surface area contributed by atoms with Crippen molar-refractivity contribution in [3.8, 4) is 0 Å². The van der Waals surface area contributed by atoms with Crippen LogP contribution in [0.1, 0.15) is 184 Å². The number of nitrogens with two attached hydrogens (primary N) is 1. The third-order valence-electron chi connectivity index (χ3n) is 21.5. The average molecular weight is 1870 g/mol. The van der Waals surface area contributed by atoms with Crippen molar-refractivity contribution >= 4 is 295 Å². The number of aromatic amines is 1. The highest BCUT2D eigenvalue weighted by Gasteiger charge is 2.52. The van der Waals surface area contributed by atoms with E-state index in [1.54, 1.807) is 76.7 Å². The highest BCUT2D eigenvalue weighted by Crippen LogP contribution is 2.31. The minimum atomic E-state index is -1.03. The fraction of sp³-hybridized carbons (Fsp3) is 0.469. The summed E-state index contributed by atoms with van der Waals surface area (Å²) in [7, 11) is 91.2. The zero-order valence-electron chi connectivity index (χ0n) is 80.7. The number of amides is 4. The van der Waals surface area contributed by atoms with Gasteiger partial charge in [0, 0.05) is 255 Å². The van der Waals surface area contributed by atoms with Gasteiger partial charge in [-0.3, -0.25) is 9.36 Å². The van der Waals surface area contributed by atoms with Gasteiger partial charge in [0.25, 0.3) is 5.56 Å². The van der Waals surface area contributed by atoms with Crippen LogP contribution >= 0.6 is 36.7 Å². The molecule has 5 aromatic rings. The van der Waals surface area contributed by atoms with E-state index in [-0.39, 0.29) is 71.9 Å². The van der Waals surface area contributed by atoms with Crippen molar-refractivity contribution in [2.45, 2.75) is 185 Å². The molecule has 0 bridgehead atoms. The lowest BCUT2D eigenvalue weighted by molar-refractivity contribution is -0.139. The molecule has 1 aromatic heterocycles. The van der Waals surface area contributed by atoms with Gasteiger partial charge in [-0.2, -0.15) is 4.99 Å². The van der Waals surface area contributed by atoms with Crippen LogP contribution in [0.15, 0.2) is 165 Å². The van der Waals surface area contributed by atoms with E-state index < -0.39 is 148 Å². The lowest BCUT2D eigenvalue weighted by Crippen LogP contribution is -2.87. The molecule has 0 fully saturated rings. The summed E-state index contributed by atoms with van der Waals surface area (Å²) in [5, 5.41) is 9.12. The van der Waals surface area contributed by atoms with Crippen molar-refractivity contribution in [3.05, 3.63) is 204 Å². The van der Waals surface area contributed by atoms with Crippen molar-refractivity contribution < 1.29 is 66.7 Å². The Bertz CT molecular complexity index is 4940. The Labute approximate surface area is 861 Å². The van der Waals surface area contributed by atoms with Crippen LogP contribution in [0, 0.1) is 4.77 Å². The Morgan fingerprint density at radius 3 is 1.14 bits per heavy atom. The molecule has 5 heterocycles. The van der Waals surface area contributed by atoms with Crippen molar-refractivity contribution in [2.75, 3.05) is 65.6 Å². The van der Waals surface area contributed by atoms with Crippen LogP contribution in [-0.4, -0.2) is 376 Å². The van der Waals surface area contributed by atoms with Crippen molar-refractivity contribution in [3.63, 3.8) is 0 Å². The van der Waals surface area contributed by atoms with Gasteiger partial charge in [-0.15, -0.1) is 0 Å². The molecule has 138 heavy (non-hydrogen) atoms. The van der Waals surface area contributed by atoms with E-state index >= 15 is 0 Å². The number of hydrogen-bond donors (Lipinski definition) is 4. The molecule has 0 saturated heterocycles. The summed E-state index contributed by atoms with van der Waals surface area (Å²) in [6.45, 7) is 30.2. The number of carbonyl (C=O) groups excluding carboxylic acids is 7. The van der Waals surface area contributed by atoms with E-state index in [1.807, 2.05) is 163 Å². The number of benzene rings is 4. The van der Waals surface area contributed by atoms with Gasteiger partial charge in [0.2, 0.25) is 0 Å². The number of thiocarbonyl (C=S) groups is 2. The molecular weight excluding hydrogens is 1760 g/mol. The zero-order valence-corrected chi connectivity index (χ0v) is 83.1. The predicted octanol–water partition coefficient (Wildman–Crippen LogP) is 3.71. The minimum Gasteiger partial charge on any atom is -0.463 e. The second-order valence-corrected chi connectivity index (χ2v) is 37.7. The standard InChI is InChI=1S/C27H33N3O4S.C25H27N3O3S.C14H20N2O4S.C13H22N2O4.2CH4.B29/c1-5-33-24(31)21-16-17-30(26(32)34-27(2,3)4)18-22(21)28-25(35)29-23(19-12-8-6-9-13-19)20-14-10-7-11-15-20;1-25(2,3)31-24(30)27-15-14-19-20(16-27)26-23(32)28(22(19)29)21(17-10-6-4-7-11-17)18-12-8-5-9-13-18;1-5-19-12(17)10-6-7-16(8-11(10)15-9-21)13(18)20-14(2,3)4;1-5-18-11(16)9-6-7-15(8-10(9)14)12(17)19-13(2,3)4;;;1-16-24(17(2)3)28(25(18(4)5)19(6)7)29(26(20(8)9)21(10)11)27(22(12)13)23(14)15/h6-15,23H,5,16-18H2,1-4H3,(H2,28,29,35);4-13,21H,14-16H2,1-3H3,(H,26,32);5-8H2,1-4H3;5-8,14H2,1-4H3;2*1H4;. The molecule has 0 aliphatic carbocycles. The maximum Gasteiger partial charge on any atom is 0.410 e. The highest BCUT2D eigenvalue weighted by molar-refractivity contribution is 8.27. The molecule has 5 N–H and O–H groups in total. The number of nitrogens with zero attached hydrogens (tertiary/aromatic N) is 6. The maximum atomic E-state index is 13.7. The Balaban J connectivity index is 0.000000450. The monoisotopic (exact) mass is 1880 g/mol. The molecule has 4 amide bonds. The first-order chi connectivity index (χ1) is 63.6. The molecular formula is C81H110B29N10O15S3. The van der Waals surface area contributed by atoms with Crippen LogP contribution in [-0.2, 0) is 60.5 Å². The molecule has 4 aliphatic rings. The maximum absolute atomic E-state index is 13.7. The number of hydrogen-bond acceptors (Lipinski definition) is 20. The number of esters is 3. The van der Waals surface area contributed by atoms with E-state index in [0.29, 0.717) is 113 Å². The van der Waals surface area contributed by atoms with Crippen LogP contribution in [0.2, 0.25) is 0 Å². The molecule has 31 radical (unpaired) electrons. The number of ether oxygens (including phenoxy) is 7. The number of fused-ring (bicyclic) bond motifs is 1. The average Bonchev–Trinajstić information content (AvgIpc) is 0.763. The lowest BCUT2D eigenvalue weighted by Gasteiger charge is -2.49. The Morgan fingerprint density at radius 1 is 0.471 bits per heavy atom. The Kier molecular flexibility index (Phi) is 52.5. The molecule has 57 heteroatoms. The summed E-state index contributed by atoms with van der Waals surface area (Å²) >= 11 is 15.9. The van der Waals surface area contributed by atoms with Crippen LogP contribution in [0.3, 0.4) is 0 Å². The normalized spacial score (nSPS) is 13.3. The number of aromatic nitrogens is 2. The second kappa shape index (κ2) is 58.4. The van der Waals surface area contributed by atoms with E-state index in [2.05, 4.69) is 38.0 Å². The Morgan fingerprint density at radius 2 is 0.797 bits per heavy atom. The van der Waals surface area contributed by atoms with E-state index in [4.69, 9.17) is 179 Å². The number of nitrogens with one attached hydrogen (secondary N) is 3. The molecule has 9 rings (SSSR count). The van der Waals surface area contributed by atoms with E-state index in [9.17, 15) is 38.4 Å². The molecule has 0 atom stereocenters. The molecule has 679 valence electrons. The van der Waals surface area contributed by atoms with Gasteiger partial charge in [0.1, 0.15) is 22.4 Å². The molecule has 25 nitrogen and oxygen atoms in total. The topological polar surface area (TPSA) is 297 Å². The first-order valence-corrected chi connectivity index (χ1v) is 46.1. The molecule has 4 aliphatic heterocycles. The van der Waals surface area contributed by atoms with Crippen molar-refractivity contribution in [1.29, 1.82) is 0 Å². The number of H-pyrrole nitrogens is 1. The largest absolute Gasteiger partial charge is 0.463 e. The second-order valence-electron chi connectivity index (χ2n) is 36.7. The van der Waals surface area contributed by atoms with Crippen molar-refractivity contribution in [2.24, 2.45) is 10.7 Å². The van der Waals surface area contributed by atoms with Gasteiger partial charge in [-0.05, 0) is 188 Å². The fourth-order valence-corrected chi connectivity index (χ4v) is 16.3. The third-order valence-corrected chi connectivity index (χ3v) is 22.2. The summed E-state index contributed by atoms with van der Waals surface area (Å²) in [5.41, 5.74) is 11.5. The fourth-order valence-electron chi connectivity index (χ4n) is 15.7. The molecule has 0 saturated carbocycles. The Hall–Kier alpha value is -8.14. The van der Waals surface area contributed by atoms with Crippen molar-refractivity contribution in [1.82, 2.24) is 39.8 Å². The van der Waals surface area contributed by atoms with Gasteiger partial charge < -0.3 is 74.1 Å². The van der Waals surface area contributed by atoms with Gasteiger partial charge in [0.15, 0.2) is 9.88 Å². The van der Waals surface area contributed by atoms with E-state index in [1.165, 1.54) is 16.9 Å². The predicted molar refractivity (Wildman–Crippen MR) is 598 cm³/mol. The summed E-state index contributed by atoms with van der Waals surface area (Å²) in [6, 6.07) is 39.2. The van der Waals surface area contributed by atoms with Gasteiger partial charge in [-0.1, -0.05) is 136 Å². The summed E-state index contributed by atoms with van der Waals surface area (Å²) in [5.74, 6) is -1.24.